The van der Waals surface area contributed by atoms with Crippen LogP contribution >= 0.6 is 11.6 Å². The minimum absolute atomic E-state index is 0.0319. The number of aromatic nitrogens is 1. The van der Waals surface area contributed by atoms with Crippen LogP contribution in [0.1, 0.15) is 17.5 Å². The number of rotatable bonds is 2. The van der Waals surface area contributed by atoms with Crippen molar-refractivity contribution in [1.82, 2.24) is 4.98 Å². The van der Waals surface area contributed by atoms with Crippen molar-refractivity contribution >= 4 is 17.3 Å². The van der Waals surface area contributed by atoms with Gasteiger partial charge in [0.15, 0.2) is 0 Å². The van der Waals surface area contributed by atoms with Crippen molar-refractivity contribution in [1.29, 1.82) is 0 Å². The first-order valence-electron chi connectivity index (χ1n) is 6.07. The van der Waals surface area contributed by atoms with Gasteiger partial charge in [0.1, 0.15) is 5.15 Å². The van der Waals surface area contributed by atoms with Crippen LogP contribution in [0.4, 0.5) is 5.69 Å². The van der Waals surface area contributed by atoms with Crippen molar-refractivity contribution in [3.05, 3.63) is 56.7 Å². The predicted molar refractivity (Wildman–Crippen MR) is 73.4 cm³/mol. The summed E-state index contributed by atoms with van der Waals surface area (Å²) in [5, 5.41) is 11.0. The molecule has 1 aromatic heterocycles. The topological polar surface area (TPSA) is 56.0 Å². The van der Waals surface area contributed by atoms with Gasteiger partial charge in [-0.1, -0.05) is 23.7 Å². The van der Waals surface area contributed by atoms with Gasteiger partial charge in [-0.3, -0.25) is 10.1 Å². The Kier molecular flexibility index (Phi) is 2.95. The normalized spacial score (nSPS) is 13.3. The van der Waals surface area contributed by atoms with Gasteiger partial charge in [0.25, 0.3) is 5.69 Å². The highest BCUT2D eigenvalue weighted by Gasteiger charge is 2.15. The second-order valence-electron chi connectivity index (χ2n) is 4.63. The maximum atomic E-state index is 10.8. The van der Waals surface area contributed by atoms with Crippen molar-refractivity contribution in [2.75, 3.05) is 0 Å². The van der Waals surface area contributed by atoms with E-state index in [1.54, 1.807) is 0 Å². The largest absolute Gasteiger partial charge is 0.274 e. The SMILES string of the molecule is O=[N+]([O-])c1cc(Cl)nc(-c2ccc3c(c2)CCC3)c1. The summed E-state index contributed by atoms with van der Waals surface area (Å²) in [4.78, 5) is 14.6. The summed E-state index contributed by atoms with van der Waals surface area (Å²) in [5.74, 6) is 0. The maximum Gasteiger partial charge on any atom is 0.274 e. The Labute approximate surface area is 115 Å². The second kappa shape index (κ2) is 4.63. The molecule has 0 amide bonds. The lowest BCUT2D eigenvalue weighted by Gasteiger charge is -2.05. The van der Waals surface area contributed by atoms with Gasteiger partial charge >= 0.3 is 0 Å². The van der Waals surface area contributed by atoms with E-state index >= 15 is 0 Å². The van der Waals surface area contributed by atoms with Gasteiger partial charge in [-0.25, -0.2) is 4.98 Å². The molecule has 96 valence electrons. The zero-order chi connectivity index (χ0) is 13.4. The average molecular weight is 275 g/mol. The fraction of sp³-hybridized carbons (Fsp3) is 0.214. The summed E-state index contributed by atoms with van der Waals surface area (Å²) >= 11 is 5.85. The smallest absolute Gasteiger partial charge is 0.258 e. The fourth-order valence-corrected chi connectivity index (χ4v) is 2.67. The minimum atomic E-state index is -0.454. The molecule has 2 aromatic rings. The molecule has 1 aliphatic rings. The Bertz CT molecular complexity index is 670. The van der Waals surface area contributed by atoms with E-state index in [-0.39, 0.29) is 10.8 Å². The first-order valence-corrected chi connectivity index (χ1v) is 6.45. The minimum Gasteiger partial charge on any atom is -0.258 e. The zero-order valence-corrected chi connectivity index (χ0v) is 10.9. The lowest BCUT2D eigenvalue weighted by Crippen LogP contribution is -1.92. The first kappa shape index (κ1) is 12.1. The molecule has 1 heterocycles. The molecule has 0 aliphatic heterocycles. The number of pyridine rings is 1. The van der Waals surface area contributed by atoms with E-state index in [0.717, 1.165) is 18.4 Å². The number of halogens is 1. The summed E-state index contributed by atoms with van der Waals surface area (Å²) < 4.78 is 0. The predicted octanol–water partition coefficient (Wildman–Crippen LogP) is 3.80. The van der Waals surface area contributed by atoms with Gasteiger partial charge in [0, 0.05) is 11.6 Å². The van der Waals surface area contributed by atoms with Crippen molar-refractivity contribution in [3.63, 3.8) is 0 Å². The van der Waals surface area contributed by atoms with Crippen LogP contribution in [-0.2, 0) is 12.8 Å². The van der Waals surface area contributed by atoms with Gasteiger partial charge in [-0.2, -0.15) is 0 Å². The number of fused-ring (bicyclic) bond motifs is 1. The molecular formula is C14H11ClN2O2. The van der Waals surface area contributed by atoms with Gasteiger partial charge in [0.2, 0.25) is 0 Å². The fourth-order valence-electron chi connectivity index (χ4n) is 2.47. The van der Waals surface area contributed by atoms with Crippen molar-refractivity contribution < 1.29 is 4.92 Å². The maximum absolute atomic E-state index is 10.8. The van der Waals surface area contributed by atoms with Crippen LogP contribution in [0.25, 0.3) is 11.3 Å². The van der Waals surface area contributed by atoms with E-state index in [0.29, 0.717) is 5.69 Å². The Hall–Kier alpha value is -1.94. The molecule has 5 heteroatoms. The molecule has 0 unspecified atom stereocenters. The average Bonchev–Trinajstić information content (AvgIpc) is 2.85. The van der Waals surface area contributed by atoms with Crippen LogP contribution in [0, 0.1) is 10.1 Å². The molecule has 0 saturated heterocycles. The number of hydrogen-bond acceptors (Lipinski definition) is 3. The molecule has 0 spiro atoms. The van der Waals surface area contributed by atoms with E-state index in [1.807, 2.05) is 6.07 Å². The van der Waals surface area contributed by atoms with Crippen molar-refractivity contribution in [2.24, 2.45) is 0 Å². The Morgan fingerprint density at radius 3 is 2.74 bits per heavy atom. The van der Waals surface area contributed by atoms with Gasteiger partial charge < -0.3 is 0 Å². The molecule has 19 heavy (non-hydrogen) atoms. The lowest BCUT2D eigenvalue weighted by atomic mass is 10.0. The van der Waals surface area contributed by atoms with E-state index in [9.17, 15) is 10.1 Å². The van der Waals surface area contributed by atoms with Crippen LogP contribution in [-0.4, -0.2) is 9.91 Å². The van der Waals surface area contributed by atoms with E-state index in [4.69, 9.17) is 11.6 Å². The van der Waals surface area contributed by atoms with E-state index in [1.165, 1.54) is 29.7 Å². The monoisotopic (exact) mass is 274 g/mol. The number of nitrogens with zero attached hydrogens (tertiary/aromatic N) is 2. The van der Waals surface area contributed by atoms with Gasteiger partial charge in [-0.05, 0) is 36.5 Å². The van der Waals surface area contributed by atoms with Gasteiger partial charge in [-0.15, -0.1) is 0 Å². The standard InChI is InChI=1S/C14H11ClN2O2/c15-14-8-12(17(18)19)7-13(16-14)11-5-4-9-2-1-3-10(9)6-11/h4-8H,1-3H2. The third-order valence-corrected chi connectivity index (χ3v) is 3.58. The molecule has 0 bridgehead atoms. The highest BCUT2D eigenvalue weighted by atomic mass is 35.5. The molecule has 0 radical (unpaired) electrons. The molecule has 4 nitrogen and oxygen atoms in total. The molecule has 0 atom stereocenters. The Balaban J connectivity index is 2.09. The highest BCUT2D eigenvalue weighted by Crippen LogP contribution is 2.29. The zero-order valence-electron chi connectivity index (χ0n) is 10.1. The summed E-state index contributed by atoms with van der Waals surface area (Å²) in [6.45, 7) is 0. The molecule has 0 saturated carbocycles. The van der Waals surface area contributed by atoms with Crippen molar-refractivity contribution in [3.8, 4) is 11.3 Å². The molecule has 1 aliphatic carbocycles. The quantitative estimate of drug-likeness (QED) is 0.475. The van der Waals surface area contributed by atoms with E-state index in [2.05, 4.69) is 17.1 Å². The number of nitro groups is 1. The van der Waals surface area contributed by atoms with Crippen LogP contribution < -0.4 is 0 Å². The summed E-state index contributed by atoms with van der Waals surface area (Å²) in [5.41, 5.74) is 4.07. The summed E-state index contributed by atoms with van der Waals surface area (Å²) in [6, 6.07) is 8.81. The number of hydrogen-bond donors (Lipinski definition) is 0. The van der Waals surface area contributed by atoms with Crippen molar-refractivity contribution in [2.45, 2.75) is 19.3 Å². The van der Waals surface area contributed by atoms with Crippen LogP contribution in [0.5, 0.6) is 0 Å². The Morgan fingerprint density at radius 1 is 1.16 bits per heavy atom. The summed E-state index contributed by atoms with van der Waals surface area (Å²) in [6.07, 6.45) is 3.34. The number of aryl methyl sites for hydroxylation is 2. The molecular weight excluding hydrogens is 264 g/mol. The summed E-state index contributed by atoms with van der Waals surface area (Å²) in [7, 11) is 0. The number of benzene rings is 1. The molecule has 0 N–H and O–H groups in total. The second-order valence-corrected chi connectivity index (χ2v) is 5.01. The molecule has 0 fully saturated rings. The third kappa shape index (κ3) is 2.31. The van der Waals surface area contributed by atoms with Crippen LogP contribution in [0.2, 0.25) is 5.15 Å². The van der Waals surface area contributed by atoms with Crippen LogP contribution in [0.15, 0.2) is 30.3 Å². The van der Waals surface area contributed by atoms with E-state index < -0.39 is 4.92 Å². The highest BCUT2D eigenvalue weighted by molar-refractivity contribution is 6.29. The molecule has 3 rings (SSSR count). The lowest BCUT2D eigenvalue weighted by molar-refractivity contribution is -0.384. The van der Waals surface area contributed by atoms with Crippen LogP contribution in [0.3, 0.4) is 0 Å². The third-order valence-electron chi connectivity index (χ3n) is 3.38. The molecule has 1 aromatic carbocycles. The Morgan fingerprint density at radius 2 is 1.95 bits per heavy atom. The first-order chi connectivity index (χ1) is 9.13. The van der Waals surface area contributed by atoms with Gasteiger partial charge in [0.05, 0.1) is 16.7 Å².